The van der Waals surface area contributed by atoms with E-state index in [0.29, 0.717) is 6.61 Å². The van der Waals surface area contributed by atoms with Crippen molar-refractivity contribution in [3.63, 3.8) is 0 Å². The predicted molar refractivity (Wildman–Crippen MR) is 74.8 cm³/mol. The van der Waals surface area contributed by atoms with Crippen LogP contribution >= 0.6 is 0 Å². The summed E-state index contributed by atoms with van der Waals surface area (Å²) < 4.78 is 0. The van der Waals surface area contributed by atoms with Crippen molar-refractivity contribution < 1.29 is 5.11 Å². The van der Waals surface area contributed by atoms with Gasteiger partial charge in [0.05, 0.1) is 0 Å². The van der Waals surface area contributed by atoms with Gasteiger partial charge < -0.3 is 15.3 Å². The first-order valence-corrected chi connectivity index (χ1v) is 7.47. The molecule has 1 heterocycles. The Hall–Kier alpha value is -0.160. The van der Waals surface area contributed by atoms with Gasteiger partial charge in [0.2, 0.25) is 0 Å². The van der Waals surface area contributed by atoms with Crippen LogP contribution in [0, 0.1) is 5.41 Å². The Balaban J connectivity index is 1.58. The third kappa shape index (κ3) is 3.92. The molecule has 4 heteroatoms. The van der Waals surface area contributed by atoms with Crippen LogP contribution in [-0.2, 0) is 0 Å². The Morgan fingerprint density at radius 2 is 1.78 bits per heavy atom. The van der Waals surface area contributed by atoms with Crippen LogP contribution in [-0.4, -0.2) is 74.4 Å². The van der Waals surface area contributed by atoms with E-state index >= 15 is 0 Å². The van der Waals surface area contributed by atoms with Crippen molar-refractivity contribution in [1.82, 2.24) is 15.1 Å². The van der Waals surface area contributed by atoms with Crippen molar-refractivity contribution in [2.75, 3.05) is 59.5 Å². The molecule has 0 unspecified atom stereocenters. The summed E-state index contributed by atoms with van der Waals surface area (Å²) in [6, 6.07) is 0. The van der Waals surface area contributed by atoms with E-state index in [1.54, 1.807) is 0 Å². The third-order valence-corrected chi connectivity index (χ3v) is 4.70. The van der Waals surface area contributed by atoms with Gasteiger partial charge in [0.25, 0.3) is 0 Å². The van der Waals surface area contributed by atoms with Gasteiger partial charge in [0.1, 0.15) is 0 Å². The number of rotatable bonds is 6. The molecule has 18 heavy (non-hydrogen) atoms. The second-order valence-corrected chi connectivity index (χ2v) is 6.19. The van der Waals surface area contributed by atoms with Gasteiger partial charge in [-0.25, -0.2) is 0 Å². The fourth-order valence-corrected chi connectivity index (χ4v) is 3.18. The molecule has 0 aromatic rings. The van der Waals surface area contributed by atoms with Gasteiger partial charge in [-0.05, 0) is 19.9 Å². The number of aliphatic hydroxyl groups is 1. The van der Waals surface area contributed by atoms with Crippen molar-refractivity contribution in [3.8, 4) is 0 Å². The summed E-state index contributed by atoms with van der Waals surface area (Å²) in [6.07, 6.45) is 4.98. The summed E-state index contributed by atoms with van der Waals surface area (Å²) in [5, 5.41) is 13.1. The van der Waals surface area contributed by atoms with Gasteiger partial charge in [0.15, 0.2) is 0 Å². The predicted octanol–water partition coefficient (Wildman–Crippen LogP) is 0.376. The second kappa shape index (κ2) is 6.85. The molecule has 2 N–H and O–H groups in total. The molecule has 0 aromatic heterocycles. The number of likely N-dealkylation sites (N-methyl/N-ethyl adjacent to an activating group) is 1. The maximum Gasteiger partial charge on any atom is 0.0499 e. The van der Waals surface area contributed by atoms with Crippen molar-refractivity contribution in [2.45, 2.75) is 25.7 Å². The molecule has 1 aliphatic carbocycles. The molecule has 2 rings (SSSR count). The van der Waals surface area contributed by atoms with Crippen molar-refractivity contribution in [3.05, 3.63) is 0 Å². The molecule has 0 bridgehead atoms. The number of hydrogen-bond acceptors (Lipinski definition) is 4. The van der Waals surface area contributed by atoms with Gasteiger partial charge in [-0.3, -0.25) is 4.90 Å². The Bertz CT molecular complexity index is 233. The maximum absolute atomic E-state index is 9.54. The first kappa shape index (κ1) is 14.3. The molecule has 0 spiro atoms. The van der Waals surface area contributed by atoms with Crippen molar-refractivity contribution >= 4 is 0 Å². The van der Waals surface area contributed by atoms with Crippen LogP contribution in [0.1, 0.15) is 25.7 Å². The Morgan fingerprint density at radius 3 is 2.39 bits per heavy atom. The molecular weight excluding hydrogens is 226 g/mol. The lowest BCUT2D eigenvalue weighted by atomic mass is 9.87. The molecule has 1 saturated heterocycles. The summed E-state index contributed by atoms with van der Waals surface area (Å²) >= 11 is 0. The van der Waals surface area contributed by atoms with E-state index in [-0.39, 0.29) is 5.41 Å². The lowest BCUT2D eigenvalue weighted by Crippen LogP contribution is -2.47. The van der Waals surface area contributed by atoms with Gasteiger partial charge in [-0.15, -0.1) is 0 Å². The molecule has 4 nitrogen and oxygen atoms in total. The number of piperazine rings is 1. The topological polar surface area (TPSA) is 38.7 Å². The molecule has 1 aliphatic heterocycles. The quantitative estimate of drug-likeness (QED) is 0.673. The van der Waals surface area contributed by atoms with Crippen LogP contribution in [0.25, 0.3) is 0 Å². The fraction of sp³-hybridized carbons (Fsp3) is 1.00. The average Bonchev–Trinajstić information content (AvgIpc) is 2.86. The van der Waals surface area contributed by atoms with E-state index in [1.165, 1.54) is 51.9 Å². The summed E-state index contributed by atoms with van der Waals surface area (Å²) in [5.74, 6) is 0. The largest absolute Gasteiger partial charge is 0.396 e. The standard InChI is InChI=1S/C14H29N3O/c1-16-8-10-17(11-9-16)7-6-15-12-14(13-18)4-2-3-5-14/h15,18H,2-13H2,1H3. The van der Waals surface area contributed by atoms with Gasteiger partial charge in [-0.2, -0.15) is 0 Å². The van der Waals surface area contributed by atoms with Crippen LogP contribution in [0.5, 0.6) is 0 Å². The first-order valence-electron chi connectivity index (χ1n) is 7.47. The Morgan fingerprint density at radius 1 is 1.11 bits per heavy atom. The van der Waals surface area contributed by atoms with Crippen LogP contribution in [0.3, 0.4) is 0 Å². The minimum absolute atomic E-state index is 0.197. The normalized spacial score (nSPS) is 25.7. The minimum Gasteiger partial charge on any atom is -0.396 e. The zero-order valence-electron chi connectivity index (χ0n) is 11.8. The molecule has 106 valence electrons. The second-order valence-electron chi connectivity index (χ2n) is 6.19. The smallest absolute Gasteiger partial charge is 0.0499 e. The van der Waals surface area contributed by atoms with E-state index < -0.39 is 0 Å². The SMILES string of the molecule is CN1CCN(CCNCC2(CO)CCCC2)CC1. The monoisotopic (exact) mass is 255 g/mol. The summed E-state index contributed by atoms with van der Waals surface area (Å²) in [7, 11) is 2.20. The molecule has 2 aliphatic rings. The third-order valence-electron chi connectivity index (χ3n) is 4.70. The highest BCUT2D eigenvalue weighted by molar-refractivity contribution is 4.86. The van der Waals surface area contributed by atoms with Crippen LogP contribution in [0.4, 0.5) is 0 Å². The highest BCUT2D eigenvalue weighted by Gasteiger charge is 2.32. The van der Waals surface area contributed by atoms with Gasteiger partial charge in [-0.1, -0.05) is 12.8 Å². The molecule has 0 amide bonds. The zero-order valence-corrected chi connectivity index (χ0v) is 11.8. The van der Waals surface area contributed by atoms with E-state index in [9.17, 15) is 5.11 Å². The average molecular weight is 255 g/mol. The van der Waals surface area contributed by atoms with Crippen LogP contribution in [0.2, 0.25) is 0 Å². The molecule has 1 saturated carbocycles. The molecule has 0 radical (unpaired) electrons. The molecule has 0 atom stereocenters. The van der Waals surface area contributed by atoms with Crippen molar-refractivity contribution in [1.29, 1.82) is 0 Å². The number of hydrogen-bond donors (Lipinski definition) is 2. The van der Waals surface area contributed by atoms with E-state index in [4.69, 9.17) is 0 Å². The van der Waals surface area contributed by atoms with Crippen LogP contribution < -0.4 is 5.32 Å². The maximum atomic E-state index is 9.54. The summed E-state index contributed by atoms with van der Waals surface area (Å²) in [6.45, 7) is 8.35. The highest BCUT2D eigenvalue weighted by Crippen LogP contribution is 2.36. The lowest BCUT2D eigenvalue weighted by Gasteiger charge is -2.33. The fourth-order valence-electron chi connectivity index (χ4n) is 3.18. The van der Waals surface area contributed by atoms with Crippen LogP contribution in [0.15, 0.2) is 0 Å². The summed E-state index contributed by atoms with van der Waals surface area (Å²) in [5.41, 5.74) is 0.197. The molecule has 2 fully saturated rings. The number of nitrogens with one attached hydrogen (secondary N) is 1. The first-order chi connectivity index (χ1) is 8.74. The van der Waals surface area contributed by atoms with Gasteiger partial charge in [0, 0.05) is 57.8 Å². The number of nitrogens with zero attached hydrogens (tertiary/aromatic N) is 2. The van der Waals surface area contributed by atoms with E-state index in [0.717, 1.165) is 19.6 Å². The minimum atomic E-state index is 0.197. The van der Waals surface area contributed by atoms with Crippen molar-refractivity contribution in [2.24, 2.45) is 5.41 Å². The van der Waals surface area contributed by atoms with E-state index in [2.05, 4.69) is 22.2 Å². The summed E-state index contributed by atoms with van der Waals surface area (Å²) in [4.78, 5) is 4.93. The molecular formula is C14H29N3O. The van der Waals surface area contributed by atoms with E-state index in [1.807, 2.05) is 0 Å². The zero-order chi connectivity index (χ0) is 12.8. The highest BCUT2D eigenvalue weighted by atomic mass is 16.3. The lowest BCUT2D eigenvalue weighted by molar-refractivity contribution is 0.123. The Labute approximate surface area is 111 Å². The number of aliphatic hydroxyl groups excluding tert-OH is 1. The molecule has 0 aromatic carbocycles. The van der Waals surface area contributed by atoms with Gasteiger partial charge >= 0.3 is 0 Å². The Kier molecular flexibility index (Phi) is 5.42.